The van der Waals surface area contributed by atoms with Crippen molar-refractivity contribution >= 4 is 12.3 Å². The van der Waals surface area contributed by atoms with Crippen LogP contribution in [0.3, 0.4) is 0 Å². The van der Waals surface area contributed by atoms with E-state index in [9.17, 15) is 19.8 Å². The highest BCUT2D eigenvalue weighted by Crippen LogP contribution is 2.22. The van der Waals surface area contributed by atoms with Crippen molar-refractivity contribution in [3.05, 3.63) is 0 Å². The lowest BCUT2D eigenvalue weighted by Gasteiger charge is -2.26. The van der Waals surface area contributed by atoms with E-state index in [1.807, 2.05) is 0 Å². The summed E-state index contributed by atoms with van der Waals surface area (Å²) in [6.45, 7) is 0.255. The van der Waals surface area contributed by atoms with Gasteiger partial charge in [-0.1, -0.05) is 12.8 Å². The van der Waals surface area contributed by atoms with E-state index in [0.29, 0.717) is 25.7 Å². The maximum Gasteiger partial charge on any atom is 0.508 e. The van der Waals surface area contributed by atoms with Crippen LogP contribution in [0.4, 0.5) is 9.59 Å². The number of rotatable bonds is 8. The second kappa shape index (κ2) is 12.0. The Morgan fingerprint density at radius 3 is 1.48 bits per heavy atom. The largest absolute Gasteiger partial charge is 0.508 e. The summed E-state index contributed by atoms with van der Waals surface area (Å²) in [7, 11) is 0. The zero-order valence-corrected chi connectivity index (χ0v) is 15.5. The highest BCUT2D eigenvalue weighted by Gasteiger charge is 2.28. The fourth-order valence-electron chi connectivity index (χ4n) is 3.21. The van der Waals surface area contributed by atoms with E-state index < -0.39 is 36.7 Å². The van der Waals surface area contributed by atoms with Gasteiger partial charge >= 0.3 is 12.3 Å². The average Bonchev–Trinajstić information content (AvgIpc) is 2.65. The van der Waals surface area contributed by atoms with Crippen molar-refractivity contribution < 1.29 is 43.5 Å². The van der Waals surface area contributed by atoms with Gasteiger partial charge in [-0.15, -0.1) is 0 Å². The smallest absolute Gasteiger partial charge is 0.432 e. The number of aliphatic hydroxyl groups is 2. The van der Waals surface area contributed by atoms with E-state index in [4.69, 9.17) is 23.7 Å². The van der Waals surface area contributed by atoms with Crippen LogP contribution in [-0.4, -0.2) is 73.4 Å². The summed E-state index contributed by atoms with van der Waals surface area (Å²) in [6.07, 6.45) is 2.31. The predicted molar refractivity (Wildman–Crippen MR) is 92.2 cm³/mol. The minimum absolute atomic E-state index is 0.000359. The van der Waals surface area contributed by atoms with Crippen LogP contribution in [0.2, 0.25) is 0 Å². The summed E-state index contributed by atoms with van der Waals surface area (Å²) in [4.78, 5) is 23.1. The van der Waals surface area contributed by atoms with Gasteiger partial charge in [0.05, 0.1) is 25.4 Å². The van der Waals surface area contributed by atoms with E-state index in [-0.39, 0.29) is 26.4 Å². The average molecular weight is 390 g/mol. The van der Waals surface area contributed by atoms with Crippen LogP contribution in [0.15, 0.2) is 0 Å². The van der Waals surface area contributed by atoms with E-state index in [1.54, 1.807) is 0 Å². The molecule has 156 valence electrons. The van der Waals surface area contributed by atoms with E-state index >= 15 is 0 Å². The molecule has 0 aromatic heterocycles. The summed E-state index contributed by atoms with van der Waals surface area (Å²) in [5, 5.41) is 19.5. The Morgan fingerprint density at radius 1 is 0.667 bits per heavy atom. The highest BCUT2D eigenvalue weighted by molar-refractivity contribution is 5.60. The van der Waals surface area contributed by atoms with E-state index in [0.717, 1.165) is 25.7 Å². The second-order valence-electron chi connectivity index (χ2n) is 6.83. The molecule has 0 aromatic carbocycles. The molecule has 4 atom stereocenters. The molecule has 0 bridgehead atoms. The summed E-state index contributed by atoms with van der Waals surface area (Å²) < 4.78 is 25.1. The van der Waals surface area contributed by atoms with Gasteiger partial charge in [-0.2, -0.15) is 0 Å². The molecule has 9 heteroatoms. The quantitative estimate of drug-likeness (QED) is 0.473. The Hall–Kier alpha value is -1.58. The topological polar surface area (TPSA) is 121 Å². The molecule has 2 fully saturated rings. The second-order valence-corrected chi connectivity index (χ2v) is 6.83. The van der Waals surface area contributed by atoms with Crippen molar-refractivity contribution in [2.75, 3.05) is 26.4 Å². The van der Waals surface area contributed by atoms with Gasteiger partial charge in [0.1, 0.15) is 25.4 Å². The van der Waals surface area contributed by atoms with Crippen molar-refractivity contribution in [2.45, 2.75) is 75.8 Å². The lowest BCUT2D eigenvalue weighted by Crippen LogP contribution is -2.34. The first kappa shape index (κ1) is 21.7. The predicted octanol–water partition coefficient (Wildman–Crippen LogP) is 1.92. The Balaban J connectivity index is 1.43. The number of hydrogen-bond acceptors (Lipinski definition) is 9. The Bertz CT molecular complexity index is 416. The van der Waals surface area contributed by atoms with Gasteiger partial charge in [0.2, 0.25) is 0 Å². The lowest BCUT2D eigenvalue weighted by atomic mass is 9.95. The number of ether oxygens (including phenoxy) is 5. The first-order valence-electron chi connectivity index (χ1n) is 9.67. The highest BCUT2D eigenvalue weighted by atomic mass is 16.7. The molecule has 2 aliphatic carbocycles. The molecule has 0 aromatic rings. The number of hydrogen-bond donors (Lipinski definition) is 2. The van der Waals surface area contributed by atoms with Gasteiger partial charge in [0.15, 0.2) is 0 Å². The summed E-state index contributed by atoms with van der Waals surface area (Å²) >= 11 is 0. The van der Waals surface area contributed by atoms with Crippen LogP contribution in [0.25, 0.3) is 0 Å². The molecule has 0 heterocycles. The molecule has 2 aliphatic rings. The van der Waals surface area contributed by atoms with Crippen molar-refractivity contribution in [1.82, 2.24) is 0 Å². The first-order valence-corrected chi connectivity index (χ1v) is 9.67. The number of aliphatic hydroxyl groups excluding tert-OH is 2. The van der Waals surface area contributed by atoms with Crippen LogP contribution >= 0.6 is 0 Å². The minimum Gasteiger partial charge on any atom is -0.432 e. The summed E-state index contributed by atoms with van der Waals surface area (Å²) in [5.41, 5.74) is 0. The molecule has 9 nitrogen and oxygen atoms in total. The SMILES string of the molecule is O=C(OCCOCCOC(=O)OC1CCCCC1O)OC1CCCCC1O. The van der Waals surface area contributed by atoms with Gasteiger partial charge in [-0.05, 0) is 38.5 Å². The molecule has 0 spiro atoms. The summed E-state index contributed by atoms with van der Waals surface area (Å²) in [5.74, 6) is 0. The van der Waals surface area contributed by atoms with Crippen molar-refractivity contribution in [3.8, 4) is 0 Å². The van der Waals surface area contributed by atoms with Gasteiger partial charge < -0.3 is 33.9 Å². The van der Waals surface area contributed by atoms with Gasteiger partial charge in [0.25, 0.3) is 0 Å². The van der Waals surface area contributed by atoms with Crippen molar-refractivity contribution in [1.29, 1.82) is 0 Å². The number of carbonyl (C=O) groups is 2. The molecule has 27 heavy (non-hydrogen) atoms. The van der Waals surface area contributed by atoms with Crippen LogP contribution in [0.1, 0.15) is 51.4 Å². The first-order chi connectivity index (χ1) is 13.1. The molecule has 0 aliphatic heterocycles. The van der Waals surface area contributed by atoms with Gasteiger partial charge in [0, 0.05) is 0 Å². The zero-order chi connectivity index (χ0) is 19.5. The normalized spacial score (nSPS) is 28.2. The molecule has 0 saturated heterocycles. The third-order valence-corrected chi connectivity index (χ3v) is 4.73. The molecule has 4 unspecified atom stereocenters. The number of carbonyl (C=O) groups excluding carboxylic acids is 2. The van der Waals surface area contributed by atoms with Crippen LogP contribution in [0.5, 0.6) is 0 Å². The van der Waals surface area contributed by atoms with E-state index in [2.05, 4.69) is 0 Å². The molecule has 2 saturated carbocycles. The van der Waals surface area contributed by atoms with Crippen LogP contribution < -0.4 is 0 Å². The molecule has 0 radical (unpaired) electrons. The third kappa shape index (κ3) is 8.32. The fraction of sp³-hybridized carbons (Fsp3) is 0.889. The van der Waals surface area contributed by atoms with E-state index in [1.165, 1.54) is 0 Å². The van der Waals surface area contributed by atoms with Crippen molar-refractivity contribution in [2.24, 2.45) is 0 Å². The Labute approximate surface area is 158 Å². The molecular weight excluding hydrogens is 360 g/mol. The standard InChI is InChI=1S/C18H30O9/c19-13-5-1-3-7-15(13)26-17(21)24-11-9-23-10-12-25-18(22)27-16-8-4-2-6-14(16)20/h13-16,19-20H,1-12H2. The van der Waals surface area contributed by atoms with Crippen LogP contribution in [-0.2, 0) is 23.7 Å². The zero-order valence-electron chi connectivity index (χ0n) is 15.5. The Morgan fingerprint density at radius 2 is 1.07 bits per heavy atom. The molecular formula is C18H30O9. The van der Waals surface area contributed by atoms with Gasteiger partial charge in [-0.3, -0.25) is 0 Å². The molecule has 2 N–H and O–H groups in total. The molecule has 0 amide bonds. The van der Waals surface area contributed by atoms with Crippen LogP contribution in [0, 0.1) is 0 Å². The maximum atomic E-state index is 11.5. The Kier molecular flexibility index (Phi) is 9.65. The summed E-state index contributed by atoms with van der Waals surface area (Å²) in [6, 6.07) is 0. The lowest BCUT2D eigenvalue weighted by molar-refractivity contribution is -0.0597. The fourth-order valence-corrected chi connectivity index (χ4v) is 3.21. The van der Waals surface area contributed by atoms with Gasteiger partial charge in [-0.25, -0.2) is 9.59 Å². The molecule has 2 rings (SSSR count). The maximum absolute atomic E-state index is 11.5. The monoisotopic (exact) mass is 390 g/mol. The minimum atomic E-state index is -0.824. The third-order valence-electron chi connectivity index (χ3n) is 4.73. The van der Waals surface area contributed by atoms with Crippen molar-refractivity contribution in [3.63, 3.8) is 0 Å².